The van der Waals surface area contributed by atoms with Gasteiger partial charge in [0.1, 0.15) is 5.41 Å². The van der Waals surface area contributed by atoms with Crippen LogP contribution in [0.25, 0.3) is 0 Å². The van der Waals surface area contributed by atoms with Gasteiger partial charge >= 0.3 is 0 Å². The number of piperidine rings is 1. The van der Waals surface area contributed by atoms with Crippen LogP contribution in [0.4, 0.5) is 0 Å². The van der Waals surface area contributed by atoms with E-state index in [4.69, 9.17) is 0 Å². The Morgan fingerprint density at radius 1 is 1.39 bits per heavy atom. The molecular formula is C13H19N3O2. The summed E-state index contributed by atoms with van der Waals surface area (Å²) in [7, 11) is 0. The lowest BCUT2D eigenvalue weighted by atomic mass is 9.74. The van der Waals surface area contributed by atoms with E-state index < -0.39 is 5.41 Å². The van der Waals surface area contributed by atoms with E-state index in [9.17, 15) is 14.9 Å². The van der Waals surface area contributed by atoms with Crippen LogP contribution >= 0.6 is 0 Å². The number of carbonyl (C=O) groups is 2. The summed E-state index contributed by atoms with van der Waals surface area (Å²) in [5.41, 5.74) is -0.834. The molecule has 0 bridgehead atoms. The third-order valence-corrected chi connectivity index (χ3v) is 3.96. The van der Waals surface area contributed by atoms with Crippen LogP contribution in [-0.2, 0) is 9.59 Å². The number of rotatable bonds is 2. The molecule has 0 aromatic carbocycles. The molecular weight excluding hydrogens is 230 g/mol. The van der Waals surface area contributed by atoms with Crippen LogP contribution in [0.15, 0.2) is 0 Å². The largest absolute Gasteiger partial charge is 0.354 e. The number of nitrogens with zero attached hydrogens (tertiary/aromatic N) is 1. The van der Waals surface area contributed by atoms with Crippen molar-refractivity contribution in [3.8, 4) is 6.07 Å². The SMILES string of the molecule is N#CC1(C(=O)NC2CCC(=O)NC2)CCCCC1. The first-order valence-corrected chi connectivity index (χ1v) is 6.65. The van der Waals surface area contributed by atoms with E-state index >= 15 is 0 Å². The van der Waals surface area contributed by atoms with E-state index in [1.54, 1.807) is 0 Å². The summed E-state index contributed by atoms with van der Waals surface area (Å²) in [6, 6.07) is 2.19. The van der Waals surface area contributed by atoms with Gasteiger partial charge in [-0.3, -0.25) is 9.59 Å². The van der Waals surface area contributed by atoms with Crippen molar-refractivity contribution in [2.45, 2.75) is 51.0 Å². The van der Waals surface area contributed by atoms with Gasteiger partial charge in [0.05, 0.1) is 6.07 Å². The van der Waals surface area contributed by atoms with Crippen LogP contribution in [0.1, 0.15) is 44.9 Å². The van der Waals surface area contributed by atoms with Crippen molar-refractivity contribution in [1.29, 1.82) is 5.26 Å². The van der Waals surface area contributed by atoms with Crippen molar-refractivity contribution in [3.05, 3.63) is 0 Å². The van der Waals surface area contributed by atoms with Crippen LogP contribution < -0.4 is 10.6 Å². The maximum Gasteiger partial charge on any atom is 0.240 e. The predicted octanol–water partition coefficient (Wildman–Crippen LogP) is 0.855. The van der Waals surface area contributed by atoms with Crippen molar-refractivity contribution in [2.75, 3.05) is 6.54 Å². The highest BCUT2D eigenvalue weighted by Crippen LogP contribution is 2.36. The minimum absolute atomic E-state index is 0.0256. The Bertz CT molecular complexity index is 370. The van der Waals surface area contributed by atoms with Crippen molar-refractivity contribution in [3.63, 3.8) is 0 Å². The molecule has 1 unspecified atom stereocenters. The average molecular weight is 249 g/mol. The normalized spacial score (nSPS) is 26.8. The monoisotopic (exact) mass is 249 g/mol. The molecule has 1 heterocycles. The lowest BCUT2D eigenvalue weighted by molar-refractivity contribution is -0.131. The molecule has 2 N–H and O–H groups in total. The van der Waals surface area contributed by atoms with Crippen LogP contribution in [0.5, 0.6) is 0 Å². The second kappa shape index (κ2) is 5.38. The maximum absolute atomic E-state index is 12.3. The first-order valence-electron chi connectivity index (χ1n) is 6.65. The topological polar surface area (TPSA) is 82.0 Å². The lowest BCUT2D eigenvalue weighted by Crippen LogP contribution is -2.52. The molecule has 1 saturated carbocycles. The van der Waals surface area contributed by atoms with E-state index in [2.05, 4.69) is 16.7 Å². The predicted molar refractivity (Wildman–Crippen MR) is 65.3 cm³/mol. The average Bonchev–Trinajstić information content (AvgIpc) is 2.42. The molecule has 1 atom stereocenters. The Morgan fingerprint density at radius 3 is 2.67 bits per heavy atom. The third kappa shape index (κ3) is 2.63. The highest BCUT2D eigenvalue weighted by Gasteiger charge is 2.40. The van der Waals surface area contributed by atoms with Gasteiger partial charge in [0.25, 0.3) is 0 Å². The van der Waals surface area contributed by atoms with Gasteiger partial charge in [-0.15, -0.1) is 0 Å². The number of amides is 2. The van der Waals surface area contributed by atoms with Crippen molar-refractivity contribution in [2.24, 2.45) is 5.41 Å². The highest BCUT2D eigenvalue weighted by atomic mass is 16.2. The zero-order valence-corrected chi connectivity index (χ0v) is 10.5. The molecule has 18 heavy (non-hydrogen) atoms. The Kier molecular flexibility index (Phi) is 3.85. The quantitative estimate of drug-likeness (QED) is 0.761. The van der Waals surface area contributed by atoms with Crippen LogP contribution in [0, 0.1) is 16.7 Å². The molecule has 0 aromatic heterocycles. The summed E-state index contributed by atoms with van der Waals surface area (Å²) in [5, 5.41) is 15.0. The first-order chi connectivity index (χ1) is 8.66. The molecule has 1 saturated heterocycles. The standard InChI is InChI=1S/C13H19N3O2/c14-9-13(6-2-1-3-7-13)12(18)16-10-4-5-11(17)15-8-10/h10H,1-8H2,(H,15,17)(H,16,18). The van der Waals surface area contributed by atoms with Crippen molar-refractivity contribution in [1.82, 2.24) is 10.6 Å². The third-order valence-electron chi connectivity index (χ3n) is 3.96. The van der Waals surface area contributed by atoms with Crippen LogP contribution in [-0.4, -0.2) is 24.4 Å². The molecule has 2 fully saturated rings. The summed E-state index contributed by atoms with van der Waals surface area (Å²) in [6.07, 6.45) is 5.44. The van der Waals surface area contributed by atoms with E-state index in [0.717, 1.165) is 19.3 Å². The van der Waals surface area contributed by atoms with Gasteiger partial charge in [-0.1, -0.05) is 19.3 Å². The van der Waals surface area contributed by atoms with Crippen LogP contribution in [0.2, 0.25) is 0 Å². The van der Waals surface area contributed by atoms with Gasteiger partial charge in [-0.05, 0) is 19.3 Å². The first kappa shape index (κ1) is 12.9. The summed E-state index contributed by atoms with van der Waals surface area (Å²) in [4.78, 5) is 23.3. The molecule has 2 rings (SSSR count). The van der Waals surface area contributed by atoms with E-state index in [1.165, 1.54) is 0 Å². The Morgan fingerprint density at radius 2 is 2.11 bits per heavy atom. The fraction of sp³-hybridized carbons (Fsp3) is 0.769. The Labute approximate surface area is 107 Å². The number of hydrogen-bond donors (Lipinski definition) is 2. The molecule has 98 valence electrons. The number of carbonyl (C=O) groups excluding carboxylic acids is 2. The van der Waals surface area contributed by atoms with Crippen molar-refractivity contribution < 1.29 is 9.59 Å². The summed E-state index contributed by atoms with van der Waals surface area (Å²) < 4.78 is 0. The summed E-state index contributed by atoms with van der Waals surface area (Å²) >= 11 is 0. The molecule has 0 radical (unpaired) electrons. The molecule has 1 aliphatic carbocycles. The highest BCUT2D eigenvalue weighted by molar-refractivity contribution is 5.86. The number of nitriles is 1. The molecule has 5 nitrogen and oxygen atoms in total. The zero-order chi connectivity index (χ0) is 13.0. The molecule has 0 spiro atoms. The van der Waals surface area contributed by atoms with E-state index in [0.29, 0.717) is 32.2 Å². The van der Waals surface area contributed by atoms with Crippen molar-refractivity contribution >= 4 is 11.8 Å². The molecule has 0 aromatic rings. The Balaban J connectivity index is 1.94. The molecule has 2 amide bonds. The van der Waals surface area contributed by atoms with Gasteiger partial charge in [0, 0.05) is 19.0 Å². The Hall–Kier alpha value is -1.57. The fourth-order valence-electron chi connectivity index (χ4n) is 2.72. The lowest BCUT2D eigenvalue weighted by Gasteiger charge is -2.32. The second-order valence-corrected chi connectivity index (χ2v) is 5.27. The number of nitrogens with one attached hydrogen (secondary N) is 2. The second-order valence-electron chi connectivity index (χ2n) is 5.27. The van der Waals surface area contributed by atoms with Crippen LogP contribution in [0.3, 0.4) is 0 Å². The number of hydrogen-bond acceptors (Lipinski definition) is 3. The smallest absolute Gasteiger partial charge is 0.240 e. The maximum atomic E-state index is 12.3. The van der Waals surface area contributed by atoms with E-state index in [-0.39, 0.29) is 17.9 Å². The molecule has 2 aliphatic rings. The van der Waals surface area contributed by atoms with Gasteiger partial charge in [0.2, 0.25) is 11.8 Å². The molecule has 5 heteroatoms. The minimum Gasteiger partial charge on any atom is -0.354 e. The van der Waals surface area contributed by atoms with Gasteiger partial charge in [0.15, 0.2) is 0 Å². The summed E-state index contributed by atoms with van der Waals surface area (Å²) in [6.45, 7) is 0.478. The van der Waals surface area contributed by atoms with Gasteiger partial charge in [-0.25, -0.2) is 0 Å². The van der Waals surface area contributed by atoms with E-state index in [1.807, 2.05) is 0 Å². The van der Waals surface area contributed by atoms with Gasteiger partial charge in [-0.2, -0.15) is 5.26 Å². The summed E-state index contributed by atoms with van der Waals surface area (Å²) in [5.74, 6) is -0.112. The minimum atomic E-state index is -0.834. The zero-order valence-electron chi connectivity index (χ0n) is 10.5. The fourth-order valence-corrected chi connectivity index (χ4v) is 2.72. The van der Waals surface area contributed by atoms with Gasteiger partial charge < -0.3 is 10.6 Å². The molecule has 1 aliphatic heterocycles.